The van der Waals surface area contributed by atoms with Crippen molar-refractivity contribution in [3.05, 3.63) is 82.5 Å². The quantitative estimate of drug-likeness (QED) is 0.591. The largest absolute Gasteiger partial charge is 0.369 e. The van der Waals surface area contributed by atoms with Crippen molar-refractivity contribution in [2.45, 2.75) is 6.10 Å². The maximum Gasteiger partial charge on any atom is 0.0994 e. The minimum atomic E-state index is 0.304. The van der Waals surface area contributed by atoms with E-state index in [1.807, 2.05) is 30.3 Å². The maximum absolute atomic E-state index is 6.04. The summed E-state index contributed by atoms with van der Waals surface area (Å²) in [5.41, 5.74) is 4.13. The highest BCUT2D eigenvalue weighted by molar-refractivity contribution is 6.31. The summed E-state index contributed by atoms with van der Waals surface area (Å²) in [5, 5.41) is 1.79. The number of halogens is 1. The van der Waals surface area contributed by atoms with Gasteiger partial charge in [-0.05, 0) is 41.5 Å². The van der Waals surface area contributed by atoms with Crippen LogP contribution in [0.4, 0.5) is 0 Å². The van der Waals surface area contributed by atoms with E-state index < -0.39 is 0 Å². The first-order valence-electron chi connectivity index (χ1n) is 7.90. The molecule has 3 aromatic rings. The number of epoxide rings is 1. The number of nitrogens with zero attached hydrogens (tertiary/aromatic N) is 1. The normalized spacial score (nSPS) is 17.1. The summed E-state index contributed by atoms with van der Waals surface area (Å²) >= 11 is 6.04. The van der Waals surface area contributed by atoms with Gasteiger partial charge in [0.15, 0.2) is 0 Å². The Bertz CT molecular complexity index is 941. The molecule has 1 fully saturated rings. The Labute approximate surface area is 146 Å². The van der Waals surface area contributed by atoms with Crippen LogP contribution in [0.15, 0.2) is 60.7 Å². The Morgan fingerprint density at radius 2 is 1.75 bits per heavy atom. The summed E-state index contributed by atoms with van der Waals surface area (Å²) in [6, 6.07) is 18.2. The smallest absolute Gasteiger partial charge is 0.0994 e. The van der Waals surface area contributed by atoms with Gasteiger partial charge in [-0.3, -0.25) is 0 Å². The highest BCUT2D eigenvalue weighted by atomic mass is 35.5. The van der Waals surface area contributed by atoms with Gasteiger partial charge in [0, 0.05) is 10.4 Å². The van der Waals surface area contributed by atoms with Crippen LogP contribution in [0.1, 0.15) is 16.8 Å². The lowest BCUT2D eigenvalue weighted by atomic mass is 10.1. The molecule has 2 heterocycles. The number of hydrogen-bond acceptors (Lipinski definition) is 2. The lowest BCUT2D eigenvalue weighted by Crippen LogP contribution is -1.83. The minimum Gasteiger partial charge on any atom is -0.369 e. The van der Waals surface area contributed by atoms with Crippen molar-refractivity contribution in [2.75, 3.05) is 6.61 Å². The molecule has 1 aliphatic heterocycles. The van der Waals surface area contributed by atoms with Gasteiger partial charge in [0.2, 0.25) is 0 Å². The number of aromatic nitrogens is 1. The minimum absolute atomic E-state index is 0.304. The summed E-state index contributed by atoms with van der Waals surface area (Å²) in [5.74, 6) is 0. The molecule has 118 valence electrons. The summed E-state index contributed by atoms with van der Waals surface area (Å²) in [4.78, 5) is 4.64. The second-order valence-corrected chi connectivity index (χ2v) is 6.24. The van der Waals surface area contributed by atoms with Gasteiger partial charge in [-0.1, -0.05) is 60.2 Å². The average Bonchev–Trinajstić information content (AvgIpc) is 3.42. The molecule has 0 N–H and O–H groups in total. The number of rotatable bonds is 4. The van der Waals surface area contributed by atoms with Crippen molar-refractivity contribution in [1.82, 2.24) is 4.98 Å². The highest BCUT2D eigenvalue weighted by Gasteiger charge is 2.17. The molecule has 1 aliphatic rings. The third-order valence-corrected chi connectivity index (χ3v) is 4.13. The second kappa shape index (κ2) is 6.60. The lowest BCUT2D eigenvalue weighted by Gasteiger charge is -2.00. The number of benzene rings is 2. The van der Waals surface area contributed by atoms with E-state index in [4.69, 9.17) is 16.3 Å². The van der Waals surface area contributed by atoms with Crippen LogP contribution in [-0.4, -0.2) is 17.7 Å². The molecular weight excluding hydrogens is 318 g/mol. The van der Waals surface area contributed by atoms with E-state index >= 15 is 0 Å². The van der Waals surface area contributed by atoms with E-state index in [-0.39, 0.29) is 0 Å². The molecule has 0 bridgehead atoms. The molecule has 1 atom stereocenters. The predicted molar refractivity (Wildman–Crippen MR) is 101 cm³/mol. The van der Waals surface area contributed by atoms with Crippen LogP contribution in [0.3, 0.4) is 0 Å². The Morgan fingerprint density at radius 3 is 2.58 bits per heavy atom. The molecule has 3 heteroatoms. The molecule has 1 saturated heterocycles. The first-order chi connectivity index (χ1) is 11.8. The van der Waals surface area contributed by atoms with Crippen molar-refractivity contribution < 1.29 is 4.74 Å². The Balaban J connectivity index is 1.56. The lowest BCUT2D eigenvalue weighted by molar-refractivity contribution is 0.440. The van der Waals surface area contributed by atoms with E-state index in [0.717, 1.165) is 28.8 Å². The van der Waals surface area contributed by atoms with E-state index in [9.17, 15) is 0 Å². The van der Waals surface area contributed by atoms with Crippen LogP contribution in [0, 0.1) is 0 Å². The summed E-state index contributed by atoms with van der Waals surface area (Å²) in [7, 11) is 0. The van der Waals surface area contributed by atoms with Crippen molar-refractivity contribution in [2.24, 2.45) is 0 Å². The topological polar surface area (TPSA) is 25.4 Å². The molecule has 24 heavy (non-hydrogen) atoms. The molecular formula is C21H16ClNO. The third-order valence-electron chi connectivity index (χ3n) is 3.90. The molecule has 0 aliphatic carbocycles. The molecule has 0 saturated carbocycles. The van der Waals surface area contributed by atoms with Gasteiger partial charge in [-0.25, -0.2) is 4.98 Å². The van der Waals surface area contributed by atoms with Crippen molar-refractivity contribution >= 4 is 40.7 Å². The van der Waals surface area contributed by atoms with E-state index in [2.05, 4.69) is 53.5 Å². The van der Waals surface area contributed by atoms with E-state index in [1.54, 1.807) is 0 Å². The van der Waals surface area contributed by atoms with Crippen LogP contribution in [0.5, 0.6) is 0 Å². The maximum atomic E-state index is 6.04. The van der Waals surface area contributed by atoms with Crippen LogP contribution in [0.2, 0.25) is 5.02 Å². The van der Waals surface area contributed by atoms with Gasteiger partial charge in [0.25, 0.3) is 0 Å². The summed E-state index contributed by atoms with van der Waals surface area (Å²) in [6.07, 6.45) is 8.59. The molecule has 0 spiro atoms. The van der Waals surface area contributed by atoms with Crippen molar-refractivity contribution in [1.29, 1.82) is 0 Å². The zero-order valence-electron chi connectivity index (χ0n) is 13.0. The molecule has 1 aromatic heterocycles. The third kappa shape index (κ3) is 3.73. The van der Waals surface area contributed by atoms with E-state index in [0.29, 0.717) is 11.1 Å². The predicted octanol–water partition coefficient (Wildman–Crippen LogP) is 5.47. The van der Waals surface area contributed by atoms with Gasteiger partial charge >= 0.3 is 0 Å². The zero-order chi connectivity index (χ0) is 16.4. The number of hydrogen-bond donors (Lipinski definition) is 0. The summed E-state index contributed by atoms with van der Waals surface area (Å²) < 4.78 is 5.19. The van der Waals surface area contributed by atoms with Gasteiger partial charge in [-0.2, -0.15) is 0 Å². The highest BCUT2D eigenvalue weighted by Crippen LogP contribution is 2.19. The fourth-order valence-electron chi connectivity index (χ4n) is 2.53. The number of ether oxygens (including phenoxy) is 1. The SMILES string of the molecule is Clc1ccc2ccc(C=Cc3cccc(/C=C/C4CO4)c3)nc2c1. The molecule has 0 amide bonds. The van der Waals surface area contributed by atoms with Gasteiger partial charge < -0.3 is 4.74 Å². The van der Waals surface area contributed by atoms with Crippen LogP contribution < -0.4 is 0 Å². The molecule has 1 unspecified atom stereocenters. The van der Waals surface area contributed by atoms with Crippen LogP contribution in [-0.2, 0) is 4.74 Å². The molecule has 2 nitrogen and oxygen atoms in total. The monoisotopic (exact) mass is 333 g/mol. The van der Waals surface area contributed by atoms with Gasteiger partial charge in [-0.15, -0.1) is 0 Å². The van der Waals surface area contributed by atoms with Crippen LogP contribution >= 0.6 is 11.6 Å². The summed E-state index contributed by atoms with van der Waals surface area (Å²) in [6.45, 7) is 0.841. The second-order valence-electron chi connectivity index (χ2n) is 5.81. The first kappa shape index (κ1) is 15.1. The first-order valence-corrected chi connectivity index (χ1v) is 8.28. The van der Waals surface area contributed by atoms with E-state index in [1.165, 1.54) is 5.56 Å². The van der Waals surface area contributed by atoms with Gasteiger partial charge in [0.1, 0.15) is 0 Å². The standard InChI is InChI=1S/C21H16ClNO/c22-18-8-6-17-7-10-19(23-21(17)13-18)9-4-15-2-1-3-16(12-15)5-11-20-14-24-20/h1-13,20H,14H2/b9-4?,11-5+. The average molecular weight is 334 g/mol. The van der Waals surface area contributed by atoms with Crippen molar-refractivity contribution in [3.63, 3.8) is 0 Å². The number of pyridine rings is 1. The fraction of sp³-hybridized carbons (Fsp3) is 0.0952. The molecule has 2 aromatic carbocycles. The molecule has 4 rings (SSSR count). The van der Waals surface area contributed by atoms with Gasteiger partial charge in [0.05, 0.1) is 23.9 Å². The number of fused-ring (bicyclic) bond motifs is 1. The Kier molecular flexibility index (Phi) is 4.16. The fourth-order valence-corrected chi connectivity index (χ4v) is 2.70. The Hall–Kier alpha value is -2.42. The van der Waals surface area contributed by atoms with Crippen LogP contribution in [0.25, 0.3) is 29.1 Å². The zero-order valence-corrected chi connectivity index (χ0v) is 13.8. The Morgan fingerprint density at radius 1 is 0.958 bits per heavy atom. The van der Waals surface area contributed by atoms with Crippen molar-refractivity contribution in [3.8, 4) is 0 Å². The molecule has 0 radical (unpaired) electrons.